The second kappa shape index (κ2) is 8.64. The van der Waals surface area contributed by atoms with Crippen molar-refractivity contribution < 1.29 is 23.0 Å². The first-order valence-corrected chi connectivity index (χ1v) is 10.8. The van der Waals surface area contributed by atoms with Crippen molar-refractivity contribution in [2.45, 2.75) is 18.3 Å². The van der Waals surface area contributed by atoms with E-state index in [4.69, 9.17) is 25.8 Å². The fraction of sp³-hybridized carbons (Fsp3) is 0.304. The number of halogens is 3. The van der Waals surface area contributed by atoms with E-state index in [9.17, 15) is 13.6 Å². The first kappa shape index (κ1) is 21.7. The molecule has 2 aliphatic heterocycles. The van der Waals surface area contributed by atoms with Crippen LogP contribution >= 0.6 is 11.6 Å². The van der Waals surface area contributed by atoms with Crippen LogP contribution in [0.15, 0.2) is 47.4 Å². The van der Waals surface area contributed by atoms with Crippen LogP contribution in [-0.4, -0.2) is 36.3 Å². The number of aromatic nitrogens is 2. The molecular formula is C23H20ClF2N3O4. The van der Waals surface area contributed by atoms with Crippen LogP contribution in [0, 0.1) is 11.6 Å². The van der Waals surface area contributed by atoms with Gasteiger partial charge >= 0.3 is 0 Å². The van der Waals surface area contributed by atoms with Gasteiger partial charge in [-0.2, -0.15) is 9.78 Å². The van der Waals surface area contributed by atoms with Gasteiger partial charge in [0.15, 0.2) is 17.3 Å². The standard InChI is InChI=1S/C23H20ClF2N3O4/c24-21-17(11-28-29(22(21)30)18-3-2-15(25)10-16(18)26)27-12-23(5-7-31-8-6-23)14-1-4-19-20(9-14)33-13-32-19/h1-4,9-11,27H,5-8,12-13H2. The lowest BCUT2D eigenvalue weighted by Crippen LogP contribution is -2.40. The molecule has 0 saturated carbocycles. The molecule has 0 amide bonds. The SMILES string of the molecule is O=c1c(Cl)c(NCC2(c3ccc4c(c3)OCO4)CCOCC2)cnn1-c1ccc(F)cc1F. The third-order valence-electron chi connectivity index (χ3n) is 6.11. The molecule has 2 aromatic carbocycles. The van der Waals surface area contributed by atoms with Crippen LogP contribution in [-0.2, 0) is 10.2 Å². The van der Waals surface area contributed by atoms with Crippen molar-refractivity contribution in [3.63, 3.8) is 0 Å². The van der Waals surface area contributed by atoms with E-state index in [2.05, 4.69) is 10.4 Å². The van der Waals surface area contributed by atoms with Crippen LogP contribution in [0.5, 0.6) is 11.5 Å². The van der Waals surface area contributed by atoms with Crippen LogP contribution in [0.1, 0.15) is 18.4 Å². The summed E-state index contributed by atoms with van der Waals surface area (Å²) in [7, 11) is 0. The third-order valence-corrected chi connectivity index (χ3v) is 6.47. The number of benzene rings is 2. The van der Waals surface area contributed by atoms with Crippen LogP contribution < -0.4 is 20.3 Å². The van der Waals surface area contributed by atoms with E-state index in [1.165, 1.54) is 6.20 Å². The van der Waals surface area contributed by atoms with E-state index in [0.29, 0.717) is 43.0 Å². The van der Waals surface area contributed by atoms with E-state index >= 15 is 0 Å². The van der Waals surface area contributed by atoms with E-state index in [1.54, 1.807) is 0 Å². The molecule has 0 aliphatic carbocycles. The van der Waals surface area contributed by atoms with Gasteiger partial charge in [0.2, 0.25) is 6.79 Å². The summed E-state index contributed by atoms with van der Waals surface area (Å²) in [6, 6.07) is 8.75. The number of hydrogen-bond donors (Lipinski definition) is 1. The topological polar surface area (TPSA) is 74.6 Å². The summed E-state index contributed by atoms with van der Waals surface area (Å²) in [4.78, 5) is 12.8. The zero-order valence-corrected chi connectivity index (χ0v) is 18.2. The fourth-order valence-electron chi connectivity index (χ4n) is 4.20. The van der Waals surface area contributed by atoms with Gasteiger partial charge in [-0.15, -0.1) is 0 Å². The molecule has 7 nitrogen and oxygen atoms in total. The molecular weight excluding hydrogens is 456 g/mol. The molecule has 1 N–H and O–H groups in total. The summed E-state index contributed by atoms with van der Waals surface area (Å²) < 4.78 is 44.7. The minimum atomic E-state index is -0.912. The predicted molar refractivity (Wildman–Crippen MR) is 118 cm³/mol. The highest BCUT2D eigenvalue weighted by atomic mass is 35.5. The van der Waals surface area contributed by atoms with Gasteiger partial charge < -0.3 is 19.5 Å². The summed E-state index contributed by atoms with van der Waals surface area (Å²) >= 11 is 6.32. The molecule has 0 radical (unpaired) electrons. The van der Waals surface area contributed by atoms with Gasteiger partial charge in [0, 0.05) is 31.2 Å². The largest absolute Gasteiger partial charge is 0.454 e. The van der Waals surface area contributed by atoms with Gasteiger partial charge in [-0.1, -0.05) is 17.7 Å². The van der Waals surface area contributed by atoms with E-state index in [0.717, 1.165) is 35.2 Å². The summed E-state index contributed by atoms with van der Waals surface area (Å²) in [5, 5.41) is 7.15. The summed E-state index contributed by atoms with van der Waals surface area (Å²) in [5.74, 6) is -0.260. The summed E-state index contributed by atoms with van der Waals surface area (Å²) in [6.07, 6.45) is 2.87. The first-order chi connectivity index (χ1) is 16.0. The van der Waals surface area contributed by atoms with Crippen LogP contribution in [0.25, 0.3) is 5.69 Å². The Labute approximate surface area is 192 Å². The molecule has 33 heavy (non-hydrogen) atoms. The highest BCUT2D eigenvalue weighted by molar-refractivity contribution is 6.32. The minimum absolute atomic E-state index is 0.137. The summed E-state index contributed by atoms with van der Waals surface area (Å²) in [6.45, 7) is 1.84. The number of ether oxygens (including phenoxy) is 3. The van der Waals surface area contributed by atoms with Gasteiger partial charge in [0.1, 0.15) is 16.5 Å². The maximum atomic E-state index is 14.1. The van der Waals surface area contributed by atoms with Crippen molar-refractivity contribution in [2.75, 3.05) is 31.9 Å². The van der Waals surface area contributed by atoms with Gasteiger partial charge in [-0.25, -0.2) is 8.78 Å². The molecule has 0 unspecified atom stereocenters. The van der Waals surface area contributed by atoms with Crippen molar-refractivity contribution in [1.29, 1.82) is 0 Å². The lowest BCUT2D eigenvalue weighted by molar-refractivity contribution is 0.0543. The van der Waals surface area contributed by atoms with Crippen LogP contribution in [0.2, 0.25) is 5.02 Å². The molecule has 10 heteroatoms. The van der Waals surface area contributed by atoms with Crippen molar-refractivity contribution >= 4 is 17.3 Å². The number of rotatable bonds is 5. The second-order valence-corrected chi connectivity index (χ2v) is 8.38. The Bertz CT molecular complexity index is 1260. The number of anilines is 1. The Morgan fingerprint density at radius 2 is 1.88 bits per heavy atom. The van der Waals surface area contributed by atoms with Crippen molar-refractivity contribution in [2.24, 2.45) is 0 Å². The predicted octanol–water partition coefficient (Wildman–Crippen LogP) is 4.05. The van der Waals surface area contributed by atoms with Crippen molar-refractivity contribution in [1.82, 2.24) is 9.78 Å². The van der Waals surface area contributed by atoms with E-state index in [1.807, 2.05) is 18.2 Å². The normalized spacial score (nSPS) is 16.6. The zero-order valence-electron chi connectivity index (χ0n) is 17.4. The molecule has 5 rings (SSSR count). The zero-order chi connectivity index (χ0) is 23.0. The Morgan fingerprint density at radius 3 is 2.67 bits per heavy atom. The molecule has 1 fully saturated rings. The fourth-order valence-corrected chi connectivity index (χ4v) is 4.40. The Hall–Kier alpha value is -3.17. The van der Waals surface area contributed by atoms with Crippen LogP contribution in [0.4, 0.5) is 14.5 Å². The monoisotopic (exact) mass is 475 g/mol. The summed E-state index contributed by atoms with van der Waals surface area (Å²) in [5.41, 5.74) is 0.202. The highest BCUT2D eigenvalue weighted by Gasteiger charge is 2.36. The van der Waals surface area contributed by atoms with Crippen LogP contribution in [0.3, 0.4) is 0 Å². The minimum Gasteiger partial charge on any atom is -0.454 e. The first-order valence-electron chi connectivity index (χ1n) is 10.4. The van der Waals surface area contributed by atoms with Crippen molar-refractivity contribution in [3.05, 3.63) is 75.2 Å². The molecule has 1 aromatic heterocycles. The van der Waals surface area contributed by atoms with Gasteiger partial charge in [-0.05, 0) is 42.7 Å². The highest BCUT2D eigenvalue weighted by Crippen LogP contribution is 2.41. The average molecular weight is 476 g/mol. The average Bonchev–Trinajstić information content (AvgIpc) is 3.29. The maximum absolute atomic E-state index is 14.1. The second-order valence-electron chi connectivity index (χ2n) is 8.00. The number of hydrogen-bond acceptors (Lipinski definition) is 6. The number of nitrogens with zero attached hydrogens (tertiary/aromatic N) is 2. The number of fused-ring (bicyclic) bond motifs is 1. The number of nitrogens with one attached hydrogen (secondary N) is 1. The molecule has 172 valence electrons. The lowest BCUT2D eigenvalue weighted by Gasteiger charge is -2.38. The third kappa shape index (κ3) is 4.02. The molecule has 3 heterocycles. The van der Waals surface area contributed by atoms with E-state index in [-0.39, 0.29) is 22.9 Å². The molecule has 0 bridgehead atoms. The van der Waals surface area contributed by atoms with Gasteiger partial charge in [0.25, 0.3) is 5.56 Å². The Balaban J connectivity index is 1.43. The molecule has 0 atom stereocenters. The lowest BCUT2D eigenvalue weighted by atomic mass is 9.74. The molecule has 3 aromatic rings. The van der Waals surface area contributed by atoms with Gasteiger partial charge in [-0.3, -0.25) is 4.79 Å². The Kier molecular flexibility index (Phi) is 5.67. The van der Waals surface area contributed by atoms with Crippen molar-refractivity contribution in [3.8, 4) is 17.2 Å². The molecule has 0 spiro atoms. The smallest absolute Gasteiger partial charge is 0.292 e. The quantitative estimate of drug-likeness (QED) is 0.600. The van der Waals surface area contributed by atoms with E-state index < -0.39 is 17.2 Å². The van der Waals surface area contributed by atoms with Gasteiger partial charge in [0.05, 0.1) is 11.9 Å². The molecule has 1 saturated heterocycles. The maximum Gasteiger partial charge on any atom is 0.292 e. The molecule has 2 aliphatic rings. The Morgan fingerprint density at radius 1 is 1.09 bits per heavy atom.